The number of benzene rings is 1. The Kier molecular flexibility index (Phi) is 5.21. The van der Waals surface area contributed by atoms with E-state index in [0.717, 1.165) is 45.3 Å². The van der Waals surface area contributed by atoms with Crippen molar-refractivity contribution < 1.29 is 9.18 Å². The Morgan fingerprint density at radius 2 is 1.92 bits per heavy atom. The molecule has 0 radical (unpaired) electrons. The fourth-order valence-corrected chi connectivity index (χ4v) is 4.01. The molecule has 1 aromatic rings. The molecule has 2 aliphatic heterocycles. The maximum absolute atomic E-state index is 13.0. The number of nitrogens with one attached hydrogen (secondary N) is 1. The van der Waals surface area contributed by atoms with Gasteiger partial charge >= 0.3 is 0 Å². The summed E-state index contributed by atoms with van der Waals surface area (Å²) in [6, 6.07) is 6.86. The molecule has 2 aliphatic rings. The number of halogens is 1. The van der Waals surface area contributed by atoms with Crippen LogP contribution in [0.5, 0.6) is 0 Å². The van der Waals surface area contributed by atoms with Crippen LogP contribution in [0.1, 0.15) is 44.1 Å². The highest BCUT2D eigenvalue weighted by atomic mass is 19.1. The van der Waals surface area contributed by atoms with Gasteiger partial charge in [0, 0.05) is 13.1 Å². The minimum atomic E-state index is -0.266. The molecule has 4 nitrogen and oxygen atoms in total. The third kappa shape index (κ3) is 3.47. The number of rotatable bonds is 5. The molecule has 0 aliphatic carbocycles. The molecule has 1 amide bonds. The molecule has 24 heavy (non-hydrogen) atoms. The van der Waals surface area contributed by atoms with Gasteiger partial charge in [-0.3, -0.25) is 9.69 Å². The second-order valence-corrected chi connectivity index (χ2v) is 7.33. The largest absolute Gasteiger partial charge is 0.342 e. The average molecular weight is 333 g/mol. The molecule has 2 saturated heterocycles. The molecule has 1 unspecified atom stereocenters. The van der Waals surface area contributed by atoms with Gasteiger partial charge in [0.25, 0.3) is 0 Å². The van der Waals surface area contributed by atoms with E-state index in [2.05, 4.69) is 22.0 Å². The molecule has 2 heterocycles. The molecule has 0 aromatic heterocycles. The number of nitrogens with zero attached hydrogens (tertiary/aromatic N) is 2. The molecule has 0 bridgehead atoms. The molecule has 0 saturated carbocycles. The van der Waals surface area contributed by atoms with Crippen LogP contribution in [0.25, 0.3) is 0 Å². The predicted molar refractivity (Wildman–Crippen MR) is 93.2 cm³/mol. The highest BCUT2D eigenvalue weighted by Gasteiger charge is 2.48. The number of piperidine rings is 1. The lowest BCUT2D eigenvalue weighted by Crippen LogP contribution is -2.55. The fraction of sp³-hybridized carbons (Fsp3) is 0.632. The average Bonchev–Trinajstić information content (AvgIpc) is 2.85. The van der Waals surface area contributed by atoms with E-state index in [-0.39, 0.29) is 17.3 Å². The van der Waals surface area contributed by atoms with E-state index >= 15 is 0 Å². The summed E-state index contributed by atoms with van der Waals surface area (Å²) >= 11 is 0. The fourth-order valence-electron chi connectivity index (χ4n) is 4.01. The third-order valence-corrected chi connectivity index (χ3v) is 5.86. The summed E-state index contributed by atoms with van der Waals surface area (Å²) in [6.07, 6.45) is 4.08. The standard InChI is InChI=1S/C19H28FN3O/c1-15(16-5-7-17(20)8-6-16)4-3-11-23-12-9-19(10-13-23)18(24)21-14-22(19)2/h5-8,15H,3-4,9-14H2,1-2H3,(H,21,24). The van der Waals surface area contributed by atoms with Gasteiger partial charge in [0.05, 0.1) is 6.67 Å². The van der Waals surface area contributed by atoms with Crippen LogP contribution in [-0.4, -0.2) is 54.6 Å². The smallest absolute Gasteiger partial charge is 0.241 e. The molecule has 1 spiro atoms. The van der Waals surface area contributed by atoms with Gasteiger partial charge in [-0.25, -0.2) is 4.39 Å². The van der Waals surface area contributed by atoms with Crippen LogP contribution >= 0.6 is 0 Å². The van der Waals surface area contributed by atoms with Crippen LogP contribution in [0, 0.1) is 5.82 Å². The van der Waals surface area contributed by atoms with Gasteiger partial charge in [-0.2, -0.15) is 0 Å². The first-order valence-corrected chi connectivity index (χ1v) is 8.99. The normalized spacial score (nSPS) is 22.7. The van der Waals surface area contributed by atoms with Gasteiger partial charge in [0.15, 0.2) is 0 Å². The Morgan fingerprint density at radius 3 is 2.50 bits per heavy atom. The second-order valence-electron chi connectivity index (χ2n) is 7.33. The molecule has 132 valence electrons. The van der Waals surface area contributed by atoms with Gasteiger partial charge in [0.1, 0.15) is 11.4 Å². The van der Waals surface area contributed by atoms with Crippen molar-refractivity contribution in [2.75, 3.05) is 33.4 Å². The van der Waals surface area contributed by atoms with Crippen LogP contribution < -0.4 is 5.32 Å². The number of amides is 1. The number of hydrogen-bond donors (Lipinski definition) is 1. The molecule has 1 aromatic carbocycles. The van der Waals surface area contributed by atoms with Gasteiger partial charge in [-0.15, -0.1) is 0 Å². The SMILES string of the molecule is CC(CCCN1CCC2(CC1)C(=O)NCN2C)c1ccc(F)cc1. The highest BCUT2D eigenvalue weighted by Crippen LogP contribution is 2.31. The third-order valence-electron chi connectivity index (χ3n) is 5.86. The monoisotopic (exact) mass is 333 g/mol. The number of likely N-dealkylation sites (N-methyl/N-ethyl adjacent to an activating group) is 1. The van der Waals surface area contributed by atoms with Crippen LogP contribution in [-0.2, 0) is 4.79 Å². The first-order chi connectivity index (χ1) is 11.5. The number of likely N-dealkylation sites (tertiary alicyclic amines) is 1. The van der Waals surface area contributed by atoms with Crippen molar-refractivity contribution in [1.29, 1.82) is 0 Å². The van der Waals surface area contributed by atoms with Crippen molar-refractivity contribution in [2.24, 2.45) is 0 Å². The van der Waals surface area contributed by atoms with Gasteiger partial charge < -0.3 is 10.2 Å². The second kappa shape index (κ2) is 7.19. The minimum absolute atomic E-state index is 0.172. The topological polar surface area (TPSA) is 35.6 Å². The predicted octanol–water partition coefficient (Wildman–Crippen LogP) is 2.56. The first-order valence-electron chi connectivity index (χ1n) is 8.99. The van der Waals surface area contributed by atoms with Gasteiger partial charge in [0.2, 0.25) is 5.91 Å². The lowest BCUT2D eigenvalue weighted by molar-refractivity contribution is -0.128. The molecule has 1 N–H and O–H groups in total. The van der Waals surface area contributed by atoms with Crippen molar-refractivity contribution in [3.05, 3.63) is 35.6 Å². The Balaban J connectivity index is 1.42. The van der Waals surface area contributed by atoms with E-state index in [1.807, 2.05) is 19.2 Å². The van der Waals surface area contributed by atoms with Crippen molar-refractivity contribution in [3.8, 4) is 0 Å². The van der Waals surface area contributed by atoms with Gasteiger partial charge in [-0.05, 0) is 62.9 Å². The number of carbonyl (C=O) groups excluding carboxylic acids is 1. The zero-order valence-electron chi connectivity index (χ0n) is 14.7. The quantitative estimate of drug-likeness (QED) is 0.899. The lowest BCUT2D eigenvalue weighted by Gasteiger charge is -2.41. The van der Waals surface area contributed by atoms with E-state index in [4.69, 9.17) is 0 Å². The van der Waals surface area contributed by atoms with E-state index in [9.17, 15) is 9.18 Å². The molecular weight excluding hydrogens is 305 g/mol. The molecule has 2 fully saturated rings. The maximum Gasteiger partial charge on any atom is 0.241 e. The zero-order chi connectivity index (χ0) is 17.2. The molecule has 5 heteroatoms. The van der Waals surface area contributed by atoms with Crippen LogP contribution in [0.4, 0.5) is 4.39 Å². The van der Waals surface area contributed by atoms with Crippen LogP contribution in [0.3, 0.4) is 0 Å². The Bertz CT molecular complexity index is 566. The van der Waals surface area contributed by atoms with Crippen molar-refractivity contribution >= 4 is 5.91 Å². The summed E-state index contributed by atoms with van der Waals surface area (Å²) in [5, 5.41) is 2.97. The number of carbonyl (C=O) groups is 1. The van der Waals surface area contributed by atoms with Crippen molar-refractivity contribution in [2.45, 2.75) is 44.1 Å². The zero-order valence-corrected chi connectivity index (χ0v) is 14.7. The Morgan fingerprint density at radius 1 is 1.25 bits per heavy atom. The summed E-state index contributed by atoms with van der Waals surface area (Å²) in [4.78, 5) is 16.8. The van der Waals surface area contributed by atoms with Crippen LogP contribution in [0.2, 0.25) is 0 Å². The Labute approximate surface area is 144 Å². The summed E-state index contributed by atoms with van der Waals surface area (Å²) in [5.41, 5.74) is 0.941. The molecule has 3 rings (SSSR count). The van der Waals surface area contributed by atoms with Crippen LogP contribution in [0.15, 0.2) is 24.3 Å². The van der Waals surface area contributed by atoms with E-state index in [0.29, 0.717) is 12.6 Å². The van der Waals surface area contributed by atoms with E-state index in [1.165, 1.54) is 5.56 Å². The van der Waals surface area contributed by atoms with E-state index in [1.54, 1.807) is 12.1 Å². The maximum atomic E-state index is 13.0. The number of hydrogen-bond acceptors (Lipinski definition) is 3. The minimum Gasteiger partial charge on any atom is -0.342 e. The summed E-state index contributed by atoms with van der Waals surface area (Å²) in [7, 11) is 2.04. The Hall–Kier alpha value is -1.46. The van der Waals surface area contributed by atoms with Crippen molar-refractivity contribution in [1.82, 2.24) is 15.1 Å². The summed E-state index contributed by atoms with van der Waals surface area (Å²) in [6.45, 7) is 5.93. The molecular formula is C19H28FN3O. The van der Waals surface area contributed by atoms with E-state index < -0.39 is 0 Å². The molecule has 1 atom stereocenters. The summed E-state index contributed by atoms with van der Waals surface area (Å²) < 4.78 is 13.0. The summed E-state index contributed by atoms with van der Waals surface area (Å²) in [5.74, 6) is 0.483. The van der Waals surface area contributed by atoms with Gasteiger partial charge in [-0.1, -0.05) is 19.1 Å². The first kappa shape index (κ1) is 17.4. The lowest BCUT2D eigenvalue weighted by atomic mass is 9.86. The van der Waals surface area contributed by atoms with Crippen molar-refractivity contribution in [3.63, 3.8) is 0 Å². The highest BCUT2D eigenvalue weighted by molar-refractivity contribution is 5.88.